The Hall–Kier alpha value is -2.07. The fourth-order valence-electron chi connectivity index (χ4n) is 2.16. The Morgan fingerprint density at radius 3 is 2.75 bits per heavy atom. The third-order valence-electron chi connectivity index (χ3n) is 3.26. The molecule has 0 amide bonds. The van der Waals surface area contributed by atoms with E-state index in [0.29, 0.717) is 0 Å². The number of imidazole rings is 1. The third kappa shape index (κ3) is 2.75. The Morgan fingerprint density at radius 2 is 2.05 bits per heavy atom. The maximum atomic E-state index is 5.17. The first kappa shape index (κ1) is 12.9. The fraction of sp³-hybridized carbons (Fsp3) is 0.188. The third-order valence-corrected chi connectivity index (χ3v) is 4.12. The first-order valence-electron chi connectivity index (χ1n) is 6.55. The van der Waals surface area contributed by atoms with Crippen molar-refractivity contribution in [3.05, 3.63) is 59.7 Å². The van der Waals surface area contributed by atoms with Gasteiger partial charge in [0.05, 0.1) is 12.0 Å². The van der Waals surface area contributed by atoms with Crippen LogP contribution in [0.2, 0.25) is 0 Å². The molecule has 2 heterocycles. The molecular formula is C16H16N2OS. The molecule has 0 fully saturated rings. The molecule has 3 aromatic rings. The average molecular weight is 284 g/mol. The highest BCUT2D eigenvalue weighted by Gasteiger charge is 2.06. The van der Waals surface area contributed by atoms with E-state index in [1.165, 1.54) is 10.4 Å². The SMILES string of the molecule is COc1ccc(CCn2ccnc2-c2cccs2)cc1. The maximum Gasteiger partial charge on any atom is 0.149 e. The van der Waals surface area contributed by atoms with Gasteiger partial charge >= 0.3 is 0 Å². The van der Waals surface area contributed by atoms with Gasteiger partial charge in [-0.05, 0) is 35.6 Å². The number of nitrogens with zero attached hydrogens (tertiary/aromatic N) is 2. The van der Waals surface area contributed by atoms with Crippen LogP contribution in [0.25, 0.3) is 10.7 Å². The summed E-state index contributed by atoms with van der Waals surface area (Å²) in [6, 6.07) is 12.4. The second-order valence-corrected chi connectivity index (χ2v) is 5.47. The van der Waals surface area contributed by atoms with Crippen LogP contribution in [0.5, 0.6) is 5.75 Å². The van der Waals surface area contributed by atoms with Crippen LogP contribution < -0.4 is 4.74 Å². The van der Waals surface area contributed by atoms with Gasteiger partial charge in [0.15, 0.2) is 0 Å². The summed E-state index contributed by atoms with van der Waals surface area (Å²) in [4.78, 5) is 5.66. The van der Waals surface area contributed by atoms with Crippen molar-refractivity contribution in [2.24, 2.45) is 0 Å². The minimum absolute atomic E-state index is 0.899. The lowest BCUT2D eigenvalue weighted by atomic mass is 10.1. The molecule has 1 aromatic carbocycles. The van der Waals surface area contributed by atoms with Crippen molar-refractivity contribution >= 4 is 11.3 Å². The molecule has 0 saturated heterocycles. The number of aromatic nitrogens is 2. The predicted molar refractivity (Wildman–Crippen MR) is 82.2 cm³/mol. The molecule has 0 bridgehead atoms. The summed E-state index contributed by atoms with van der Waals surface area (Å²) in [7, 11) is 1.69. The number of benzene rings is 1. The average Bonchev–Trinajstić information content (AvgIpc) is 3.16. The maximum absolute atomic E-state index is 5.17. The van der Waals surface area contributed by atoms with Crippen LogP contribution in [0.15, 0.2) is 54.2 Å². The molecule has 0 atom stereocenters. The summed E-state index contributed by atoms with van der Waals surface area (Å²) in [5.41, 5.74) is 1.30. The highest BCUT2D eigenvalue weighted by Crippen LogP contribution is 2.23. The van der Waals surface area contributed by atoms with Gasteiger partial charge in [-0.15, -0.1) is 11.3 Å². The Morgan fingerprint density at radius 1 is 1.20 bits per heavy atom. The molecule has 0 saturated carbocycles. The van der Waals surface area contributed by atoms with Crippen LogP contribution in [0, 0.1) is 0 Å². The zero-order valence-corrected chi connectivity index (χ0v) is 12.1. The lowest BCUT2D eigenvalue weighted by molar-refractivity contribution is 0.414. The summed E-state index contributed by atoms with van der Waals surface area (Å²) in [5.74, 6) is 1.95. The van der Waals surface area contributed by atoms with Gasteiger partial charge in [0.2, 0.25) is 0 Å². The first-order valence-corrected chi connectivity index (χ1v) is 7.43. The largest absolute Gasteiger partial charge is 0.497 e. The lowest BCUT2D eigenvalue weighted by Gasteiger charge is -2.07. The van der Waals surface area contributed by atoms with Gasteiger partial charge in [-0.3, -0.25) is 0 Å². The van der Waals surface area contributed by atoms with Gasteiger partial charge in [-0.2, -0.15) is 0 Å². The van der Waals surface area contributed by atoms with E-state index >= 15 is 0 Å². The Bertz CT molecular complexity index is 656. The van der Waals surface area contributed by atoms with Crippen molar-refractivity contribution in [2.75, 3.05) is 7.11 Å². The van der Waals surface area contributed by atoms with Crippen LogP contribution in [-0.2, 0) is 13.0 Å². The van der Waals surface area contributed by atoms with Crippen molar-refractivity contribution in [1.29, 1.82) is 0 Å². The number of thiophene rings is 1. The number of rotatable bonds is 5. The van der Waals surface area contributed by atoms with Crippen molar-refractivity contribution < 1.29 is 4.74 Å². The molecule has 0 aliphatic rings. The Balaban J connectivity index is 1.71. The van der Waals surface area contributed by atoms with Crippen LogP contribution in [-0.4, -0.2) is 16.7 Å². The summed E-state index contributed by atoms with van der Waals surface area (Å²) in [6.07, 6.45) is 4.89. The van der Waals surface area contributed by atoms with Crippen molar-refractivity contribution in [3.63, 3.8) is 0 Å². The molecular weight excluding hydrogens is 268 g/mol. The molecule has 4 heteroatoms. The number of hydrogen-bond acceptors (Lipinski definition) is 3. The summed E-state index contributed by atoms with van der Waals surface area (Å²) >= 11 is 1.72. The van der Waals surface area contributed by atoms with Crippen molar-refractivity contribution in [1.82, 2.24) is 9.55 Å². The van der Waals surface area contributed by atoms with E-state index in [1.807, 2.05) is 24.5 Å². The van der Waals surface area contributed by atoms with Crippen LogP contribution in [0.4, 0.5) is 0 Å². The zero-order valence-electron chi connectivity index (χ0n) is 11.3. The second-order valence-electron chi connectivity index (χ2n) is 4.52. The standard InChI is InChI=1S/C16H16N2OS/c1-19-14-6-4-13(5-7-14)8-10-18-11-9-17-16(18)15-3-2-12-20-15/h2-7,9,11-12H,8,10H2,1H3. The van der Waals surface area contributed by atoms with E-state index in [2.05, 4.69) is 39.2 Å². The smallest absolute Gasteiger partial charge is 0.149 e. The number of methoxy groups -OCH3 is 1. The minimum Gasteiger partial charge on any atom is -0.497 e. The molecule has 3 nitrogen and oxygen atoms in total. The monoisotopic (exact) mass is 284 g/mol. The summed E-state index contributed by atoms with van der Waals surface area (Å²) in [6.45, 7) is 0.930. The normalized spacial score (nSPS) is 10.7. The lowest BCUT2D eigenvalue weighted by Crippen LogP contribution is -2.02. The van der Waals surface area contributed by atoms with Crippen LogP contribution in [0.3, 0.4) is 0 Å². The van der Waals surface area contributed by atoms with Gasteiger partial charge in [0.1, 0.15) is 11.6 Å². The molecule has 0 aliphatic heterocycles. The molecule has 20 heavy (non-hydrogen) atoms. The van der Waals surface area contributed by atoms with Gasteiger partial charge in [-0.1, -0.05) is 18.2 Å². The molecule has 0 spiro atoms. The van der Waals surface area contributed by atoms with Crippen LogP contribution in [0.1, 0.15) is 5.56 Å². The molecule has 102 valence electrons. The van der Waals surface area contributed by atoms with E-state index in [4.69, 9.17) is 4.74 Å². The molecule has 0 radical (unpaired) electrons. The quantitative estimate of drug-likeness (QED) is 0.711. The minimum atomic E-state index is 0.899. The first-order chi connectivity index (χ1) is 9.86. The Kier molecular flexibility index (Phi) is 3.83. The van der Waals surface area contributed by atoms with Gasteiger partial charge < -0.3 is 9.30 Å². The van der Waals surface area contributed by atoms with Gasteiger partial charge in [-0.25, -0.2) is 4.98 Å². The second kappa shape index (κ2) is 5.92. The highest BCUT2D eigenvalue weighted by molar-refractivity contribution is 7.13. The fourth-order valence-corrected chi connectivity index (χ4v) is 2.90. The molecule has 0 unspecified atom stereocenters. The number of aryl methyl sites for hydroxylation is 2. The van der Waals surface area contributed by atoms with E-state index in [9.17, 15) is 0 Å². The van der Waals surface area contributed by atoms with E-state index in [1.54, 1.807) is 18.4 Å². The van der Waals surface area contributed by atoms with E-state index in [0.717, 1.165) is 24.5 Å². The number of ether oxygens (including phenoxy) is 1. The van der Waals surface area contributed by atoms with Gasteiger partial charge in [0, 0.05) is 18.9 Å². The van der Waals surface area contributed by atoms with Gasteiger partial charge in [0.25, 0.3) is 0 Å². The molecule has 3 rings (SSSR count). The van der Waals surface area contributed by atoms with Crippen molar-refractivity contribution in [3.8, 4) is 16.5 Å². The molecule has 0 N–H and O–H groups in total. The highest BCUT2D eigenvalue weighted by atomic mass is 32.1. The molecule has 2 aromatic heterocycles. The number of hydrogen-bond donors (Lipinski definition) is 0. The Labute approximate surface area is 122 Å². The summed E-state index contributed by atoms with van der Waals surface area (Å²) in [5, 5.41) is 2.08. The zero-order chi connectivity index (χ0) is 13.8. The topological polar surface area (TPSA) is 27.1 Å². The van der Waals surface area contributed by atoms with E-state index < -0.39 is 0 Å². The summed E-state index contributed by atoms with van der Waals surface area (Å²) < 4.78 is 7.38. The van der Waals surface area contributed by atoms with Crippen LogP contribution >= 0.6 is 11.3 Å². The predicted octanol–water partition coefficient (Wildman–Crippen LogP) is 3.86. The van der Waals surface area contributed by atoms with Crippen molar-refractivity contribution in [2.45, 2.75) is 13.0 Å². The molecule has 0 aliphatic carbocycles. The van der Waals surface area contributed by atoms with E-state index in [-0.39, 0.29) is 0 Å².